The molecule has 4 rings (SSSR count). The standard InChI is InChI=1S/C30H29NO6/c1-4-17-37-23-11-8-10-21(18-23)27(32)25-26(24-12-7-6-9-19(24)3)31(29(34)28(25)33)22-15-13-20(14-16-22)30(35)36-5-2/h6-16,18,26,32H,4-5,17H2,1-3H3/b27-25+. The molecule has 7 nitrogen and oxygen atoms in total. The number of anilines is 1. The second-order valence-electron chi connectivity index (χ2n) is 8.67. The minimum Gasteiger partial charge on any atom is -0.507 e. The molecule has 37 heavy (non-hydrogen) atoms. The van der Waals surface area contributed by atoms with Crippen molar-refractivity contribution in [2.24, 2.45) is 0 Å². The van der Waals surface area contributed by atoms with Crippen molar-refractivity contribution in [3.05, 3.63) is 101 Å². The fourth-order valence-electron chi connectivity index (χ4n) is 4.37. The summed E-state index contributed by atoms with van der Waals surface area (Å²) >= 11 is 0. The van der Waals surface area contributed by atoms with Crippen LogP contribution in [0.15, 0.2) is 78.4 Å². The number of carbonyl (C=O) groups is 3. The number of ether oxygens (including phenoxy) is 2. The van der Waals surface area contributed by atoms with Crippen molar-refractivity contribution in [2.45, 2.75) is 33.2 Å². The lowest BCUT2D eigenvalue weighted by molar-refractivity contribution is -0.132. The second kappa shape index (κ2) is 11.1. The van der Waals surface area contributed by atoms with Gasteiger partial charge in [0.15, 0.2) is 0 Å². The predicted octanol–water partition coefficient (Wildman–Crippen LogP) is 5.59. The van der Waals surface area contributed by atoms with Gasteiger partial charge in [-0.1, -0.05) is 43.3 Å². The Morgan fingerprint density at radius 2 is 1.68 bits per heavy atom. The number of hydrogen-bond acceptors (Lipinski definition) is 6. The van der Waals surface area contributed by atoms with E-state index in [-0.39, 0.29) is 17.9 Å². The largest absolute Gasteiger partial charge is 0.507 e. The number of aliphatic hydroxyl groups is 1. The fraction of sp³-hybridized carbons (Fsp3) is 0.233. The molecule has 1 aliphatic rings. The first-order valence-electron chi connectivity index (χ1n) is 12.2. The van der Waals surface area contributed by atoms with Gasteiger partial charge in [-0.15, -0.1) is 0 Å². The molecule has 1 atom stereocenters. The van der Waals surface area contributed by atoms with Crippen LogP contribution in [0.1, 0.15) is 53.4 Å². The number of ketones is 1. The van der Waals surface area contributed by atoms with E-state index in [1.807, 2.05) is 38.1 Å². The predicted molar refractivity (Wildman–Crippen MR) is 141 cm³/mol. The average Bonchev–Trinajstić information content (AvgIpc) is 3.17. The lowest BCUT2D eigenvalue weighted by Crippen LogP contribution is -2.29. The van der Waals surface area contributed by atoms with Crippen LogP contribution in [0.4, 0.5) is 5.69 Å². The molecule has 1 unspecified atom stereocenters. The third-order valence-electron chi connectivity index (χ3n) is 6.16. The molecular formula is C30H29NO6. The number of aliphatic hydroxyl groups excluding tert-OH is 1. The number of benzene rings is 3. The maximum absolute atomic E-state index is 13.4. The van der Waals surface area contributed by atoms with Crippen molar-refractivity contribution in [3.8, 4) is 5.75 Å². The molecule has 0 bridgehead atoms. The Kier molecular flexibility index (Phi) is 7.72. The highest BCUT2D eigenvalue weighted by Gasteiger charge is 2.47. The minimum atomic E-state index is -0.866. The van der Waals surface area contributed by atoms with Crippen LogP contribution in [0.25, 0.3) is 5.76 Å². The summed E-state index contributed by atoms with van der Waals surface area (Å²) in [4.78, 5) is 40.3. The number of hydrogen-bond donors (Lipinski definition) is 1. The van der Waals surface area contributed by atoms with Crippen LogP contribution in [0.3, 0.4) is 0 Å². The molecule has 1 heterocycles. The molecule has 1 fully saturated rings. The summed E-state index contributed by atoms with van der Waals surface area (Å²) in [7, 11) is 0. The normalized spacial score (nSPS) is 16.6. The summed E-state index contributed by atoms with van der Waals surface area (Å²) in [6.45, 7) is 6.36. The van der Waals surface area contributed by atoms with Crippen molar-refractivity contribution in [1.82, 2.24) is 0 Å². The zero-order chi connectivity index (χ0) is 26.5. The number of nitrogens with zero attached hydrogens (tertiary/aromatic N) is 1. The minimum absolute atomic E-state index is 0.0126. The molecule has 0 aliphatic carbocycles. The summed E-state index contributed by atoms with van der Waals surface area (Å²) in [5, 5.41) is 11.4. The monoisotopic (exact) mass is 499 g/mol. The van der Waals surface area contributed by atoms with Gasteiger partial charge >= 0.3 is 5.97 Å². The van der Waals surface area contributed by atoms with Crippen LogP contribution in [-0.2, 0) is 14.3 Å². The molecule has 0 radical (unpaired) electrons. The van der Waals surface area contributed by atoms with Crippen molar-refractivity contribution in [1.29, 1.82) is 0 Å². The van der Waals surface area contributed by atoms with Crippen LogP contribution in [-0.4, -0.2) is 36.0 Å². The Labute approximate surface area is 215 Å². The van der Waals surface area contributed by atoms with Gasteiger partial charge in [0.25, 0.3) is 11.7 Å². The first-order valence-corrected chi connectivity index (χ1v) is 12.2. The number of carbonyl (C=O) groups excluding carboxylic acids is 3. The molecule has 3 aromatic carbocycles. The maximum atomic E-state index is 13.4. The summed E-state index contributed by atoms with van der Waals surface area (Å²) < 4.78 is 10.7. The van der Waals surface area contributed by atoms with Gasteiger partial charge in [0.2, 0.25) is 0 Å². The molecule has 190 valence electrons. The van der Waals surface area contributed by atoms with E-state index in [0.29, 0.717) is 34.7 Å². The van der Waals surface area contributed by atoms with Gasteiger partial charge in [-0.3, -0.25) is 14.5 Å². The van der Waals surface area contributed by atoms with Crippen molar-refractivity contribution < 1.29 is 29.0 Å². The summed E-state index contributed by atoms with van der Waals surface area (Å²) in [6.07, 6.45) is 0.823. The molecule has 1 N–H and O–H groups in total. The molecule has 1 amide bonds. The number of amides is 1. The van der Waals surface area contributed by atoms with Gasteiger partial charge in [-0.05, 0) is 67.8 Å². The van der Waals surface area contributed by atoms with Crippen LogP contribution < -0.4 is 9.64 Å². The number of esters is 1. The van der Waals surface area contributed by atoms with Crippen LogP contribution in [0, 0.1) is 6.92 Å². The van der Waals surface area contributed by atoms with E-state index in [2.05, 4.69) is 0 Å². The van der Waals surface area contributed by atoms with Gasteiger partial charge < -0.3 is 14.6 Å². The zero-order valence-corrected chi connectivity index (χ0v) is 21.1. The van der Waals surface area contributed by atoms with Gasteiger partial charge in [-0.25, -0.2) is 4.79 Å². The van der Waals surface area contributed by atoms with Crippen molar-refractivity contribution in [3.63, 3.8) is 0 Å². The van der Waals surface area contributed by atoms with Gasteiger partial charge in [0.1, 0.15) is 11.5 Å². The van der Waals surface area contributed by atoms with Crippen molar-refractivity contribution in [2.75, 3.05) is 18.1 Å². The van der Waals surface area contributed by atoms with E-state index >= 15 is 0 Å². The molecular weight excluding hydrogens is 470 g/mol. The summed E-state index contributed by atoms with van der Waals surface area (Å²) in [5.41, 5.74) is 2.68. The third kappa shape index (κ3) is 5.11. The number of rotatable bonds is 8. The van der Waals surface area contributed by atoms with Gasteiger partial charge in [0.05, 0.1) is 30.4 Å². The second-order valence-corrected chi connectivity index (χ2v) is 8.67. The topological polar surface area (TPSA) is 93.1 Å². The Morgan fingerprint density at radius 3 is 2.35 bits per heavy atom. The Bertz CT molecular complexity index is 1360. The molecule has 0 aromatic heterocycles. The maximum Gasteiger partial charge on any atom is 0.338 e. The summed E-state index contributed by atoms with van der Waals surface area (Å²) in [6, 6.07) is 19.7. The lowest BCUT2D eigenvalue weighted by Gasteiger charge is -2.26. The van der Waals surface area contributed by atoms with Crippen molar-refractivity contribution >= 4 is 29.1 Å². The highest BCUT2D eigenvalue weighted by molar-refractivity contribution is 6.51. The van der Waals surface area contributed by atoms with Gasteiger partial charge in [0, 0.05) is 11.3 Å². The first-order chi connectivity index (χ1) is 17.9. The average molecular weight is 500 g/mol. The summed E-state index contributed by atoms with van der Waals surface area (Å²) in [5.74, 6) is -1.75. The lowest BCUT2D eigenvalue weighted by atomic mass is 9.92. The molecule has 0 saturated carbocycles. The smallest absolute Gasteiger partial charge is 0.338 e. The fourth-order valence-corrected chi connectivity index (χ4v) is 4.37. The van der Waals surface area contributed by atoms with Crippen LogP contribution in [0.2, 0.25) is 0 Å². The molecule has 1 aliphatic heterocycles. The van der Waals surface area contributed by atoms with Gasteiger partial charge in [-0.2, -0.15) is 0 Å². The molecule has 0 spiro atoms. The van der Waals surface area contributed by atoms with E-state index in [4.69, 9.17) is 9.47 Å². The van der Waals surface area contributed by atoms with E-state index in [9.17, 15) is 19.5 Å². The van der Waals surface area contributed by atoms with E-state index in [0.717, 1.165) is 12.0 Å². The number of aryl methyl sites for hydroxylation is 1. The Balaban J connectivity index is 1.85. The molecule has 1 saturated heterocycles. The third-order valence-corrected chi connectivity index (χ3v) is 6.16. The van der Waals surface area contributed by atoms with Crippen LogP contribution >= 0.6 is 0 Å². The molecule has 7 heteroatoms. The highest BCUT2D eigenvalue weighted by atomic mass is 16.5. The quantitative estimate of drug-likeness (QED) is 0.188. The van der Waals surface area contributed by atoms with E-state index < -0.39 is 23.7 Å². The van der Waals surface area contributed by atoms with E-state index in [1.54, 1.807) is 55.5 Å². The molecule has 3 aromatic rings. The Hall–Kier alpha value is -4.39. The highest BCUT2D eigenvalue weighted by Crippen LogP contribution is 2.43. The SMILES string of the molecule is CCCOc1cccc(/C(O)=C2\C(=O)C(=O)N(c3ccc(C(=O)OCC)cc3)C2c2ccccc2C)c1. The number of Topliss-reactive ketones (excluding diaryl/α,β-unsaturated/α-hetero) is 1. The zero-order valence-electron chi connectivity index (χ0n) is 21.1. The van der Waals surface area contributed by atoms with E-state index in [1.165, 1.54) is 4.90 Å². The van der Waals surface area contributed by atoms with Crippen LogP contribution in [0.5, 0.6) is 5.75 Å². The first kappa shape index (κ1) is 25.7. The Morgan fingerprint density at radius 1 is 0.946 bits per heavy atom.